The Morgan fingerprint density at radius 3 is 2.47 bits per heavy atom. The highest BCUT2D eigenvalue weighted by molar-refractivity contribution is 7.89. The third-order valence-electron chi connectivity index (χ3n) is 7.28. The molecule has 1 saturated heterocycles. The molecule has 0 saturated carbocycles. The van der Waals surface area contributed by atoms with Gasteiger partial charge in [-0.25, -0.2) is 8.42 Å². The SMILES string of the molecule is CCC(NC(=O)c1cc(S(=O)(=O)N2CCC(C)CC2)ccc1OC)c1ccc2c(c1)CCCC2. The Labute approximate surface area is 203 Å². The molecule has 1 heterocycles. The monoisotopic (exact) mass is 484 g/mol. The minimum Gasteiger partial charge on any atom is -0.496 e. The quantitative estimate of drug-likeness (QED) is 0.608. The minimum atomic E-state index is -3.67. The van der Waals surface area contributed by atoms with Gasteiger partial charge in [-0.1, -0.05) is 32.0 Å². The minimum absolute atomic E-state index is 0.134. The van der Waals surface area contributed by atoms with Crippen LogP contribution >= 0.6 is 0 Å². The summed E-state index contributed by atoms with van der Waals surface area (Å²) in [6.07, 6.45) is 7.06. The Hall–Kier alpha value is -2.38. The second-order valence-electron chi connectivity index (χ2n) is 9.62. The summed E-state index contributed by atoms with van der Waals surface area (Å²) in [5.74, 6) is 0.563. The molecule has 1 unspecified atom stereocenters. The lowest BCUT2D eigenvalue weighted by molar-refractivity contribution is 0.0932. The average Bonchev–Trinajstić information content (AvgIpc) is 2.86. The largest absolute Gasteiger partial charge is 0.496 e. The summed E-state index contributed by atoms with van der Waals surface area (Å²) in [5, 5.41) is 3.12. The fourth-order valence-electron chi connectivity index (χ4n) is 5.03. The van der Waals surface area contributed by atoms with Crippen LogP contribution in [0.2, 0.25) is 0 Å². The van der Waals surface area contributed by atoms with Crippen LogP contribution in [0, 0.1) is 5.92 Å². The van der Waals surface area contributed by atoms with E-state index in [2.05, 4.69) is 30.4 Å². The molecule has 0 radical (unpaired) electrons. The predicted octanol–water partition coefficient (Wildman–Crippen LogP) is 4.88. The number of carbonyl (C=O) groups excluding carboxylic acids is 1. The highest BCUT2D eigenvalue weighted by Crippen LogP contribution is 2.29. The van der Waals surface area contributed by atoms with Crippen molar-refractivity contribution in [2.45, 2.75) is 69.7 Å². The number of piperidine rings is 1. The molecule has 2 aromatic carbocycles. The first-order valence-electron chi connectivity index (χ1n) is 12.4. The van der Waals surface area contributed by atoms with Crippen LogP contribution in [0.15, 0.2) is 41.3 Å². The number of aryl methyl sites for hydroxylation is 2. The van der Waals surface area contributed by atoms with Crippen molar-refractivity contribution in [2.24, 2.45) is 5.92 Å². The highest BCUT2D eigenvalue weighted by Gasteiger charge is 2.29. The Bertz CT molecular complexity index is 1140. The first-order valence-corrected chi connectivity index (χ1v) is 13.9. The smallest absolute Gasteiger partial charge is 0.255 e. The van der Waals surface area contributed by atoms with E-state index in [-0.39, 0.29) is 22.4 Å². The van der Waals surface area contributed by atoms with Crippen molar-refractivity contribution in [3.8, 4) is 5.75 Å². The van der Waals surface area contributed by atoms with Gasteiger partial charge in [0.15, 0.2) is 0 Å². The number of nitrogens with zero attached hydrogens (tertiary/aromatic N) is 1. The number of rotatable bonds is 7. The van der Waals surface area contributed by atoms with Gasteiger partial charge in [0.05, 0.1) is 23.6 Å². The lowest BCUT2D eigenvalue weighted by Gasteiger charge is -2.29. The molecule has 7 heteroatoms. The van der Waals surface area contributed by atoms with Gasteiger partial charge in [0.1, 0.15) is 5.75 Å². The van der Waals surface area contributed by atoms with Crippen molar-refractivity contribution in [2.75, 3.05) is 20.2 Å². The van der Waals surface area contributed by atoms with Gasteiger partial charge in [-0.3, -0.25) is 4.79 Å². The molecular formula is C27H36N2O4S. The van der Waals surface area contributed by atoms with Crippen LogP contribution in [0.5, 0.6) is 5.75 Å². The molecule has 1 fully saturated rings. The second kappa shape index (κ2) is 10.5. The van der Waals surface area contributed by atoms with Gasteiger partial charge in [-0.2, -0.15) is 4.31 Å². The summed E-state index contributed by atoms with van der Waals surface area (Å²) < 4.78 is 33.5. The number of hydrogen-bond donors (Lipinski definition) is 1. The number of sulfonamides is 1. The third-order valence-corrected chi connectivity index (χ3v) is 9.18. The average molecular weight is 485 g/mol. The van der Waals surface area contributed by atoms with Crippen molar-refractivity contribution < 1.29 is 17.9 Å². The molecule has 2 aromatic rings. The van der Waals surface area contributed by atoms with Gasteiger partial charge in [-0.15, -0.1) is 0 Å². The number of carbonyl (C=O) groups is 1. The molecule has 0 spiro atoms. The fraction of sp³-hybridized carbons (Fsp3) is 0.519. The van der Waals surface area contributed by atoms with E-state index in [0.29, 0.717) is 24.8 Å². The molecule has 0 bridgehead atoms. The molecular weight excluding hydrogens is 448 g/mol. The molecule has 4 rings (SSSR count). The van der Waals surface area contributed by atoms with E-state index < -0.39 is 10.0 Å². The van der Waals surface area contributed by atoms with E-state index in [4.69, 9.17) is 4.74 Å². The Kier molecular flexibility index (Phi) is 7.63. The van der Waals surface area contributed by atoms with Crippen LogP contribution < -0.4 is 10.1 Å². The fourth-order valence-corrected chi connectivity index (χ4v) is 6.52. The van der Waals surface area contributed by atoms with E-state index >= 15 is 0 Å². The maximum atomic E-state index is 13.4. The third kappa shape index (κ3) is 5.15. The zero-order chi connectivity index (χ0) is 24.3. The van der Waals surface area contributed by atoms with Crippen LogP contribution in [0.1, 0.15) is 79.0 Å². The Morgan fingerprint density at radius 2 is 1.79 bits per heavy atom. The molecule has 1 amide bonds. The number of amides is 1. The number of hydrogen-bond acceptors (Lipinski definition) is 4. The van der Waals surface area contributed by atoms with E-state index in [0.717, 1.165) is 37.7 Å². The van der Waals surface area contributed by atoms with Gasteiger partial charge in [0, 0.05) is 13.1 Å². The zero-order valence-corrected chi connectivity index (χ0v) is 21.3. The summed E-state index contributed by atoms with van der Waals surface area (Å²) in [5.41, 5.74) is 4.10. The number of benzene rings is 2. The van der Waals surface area contributed by atoms with Gasteiger partial charge in [0.2, 0.25) is 10.0 Å². The van der Waals surface area contributed by atoms with Crippen LogP contribution in [-0.2, 0) is 22.9 Å². The summed E-state index contributed by atoms with van der Waals surface area (Å²) >= 11 is 0. The van der Waals surface area contributed by atoms with E-state index in [1.54, 1.807) is 6.07 Å². The van der Waals surface area contributed by atoms with Gasteiger partial charge >= 0.3 is 0 Å². The lowest BCUT2D eigenvalue weighted by Crippen LogP contribution is -2.38. The van der Waals surface area contributed by atoms with Crippen molar-refractivity contribution in [1.82, 2.24) is 9.62 Å². The molecule has 0 aromatic heterocycles. The molecule has 1 aliphatic heterocycles. The number of methoxy groups -OCH3 is 1. The van der Waals surface area contributed by atoms with Gasteiger partial charge < -0.3 is 10.1 Å². The molecule has 1 atom stereocenters. The van der Waals surface area contributed by atoms with Crippen LogP contribution in [0.4, 0.5) is 0 Å². The molecule has 1 aliphatic carbocycles. The molecule has 2 aliphatic rings. The first-order chi connectivity index (χ1) is 16.3. The lowest BCUT2D eigenvalue weighted by atomic mass is 9.88. The normalized spacial score (nSPS) is 18.2. The van der Waals surface area contributed by atoms with E-state index in [1.165, 1.54) is 47.5 Å². The van der Waals surface area contributed by atoms with Gasteiger partial charge in [0.25, 0.3) is 5.91 Å². The summed E-state index contributed by atoms with van der Waals surface area (Å²) in [6.45, 7) is 5.20. The molecule has 1 N–H and O–H groups in total. The highest BCUT2D eigenvalue weighted by atomic mass is 32.2. The topological polar surface area (TPSA) is 75.7 Å². The first kappa shape index (κ1) is 24.7. The van der Waals surface area contributed by atoms with E-state index in [9.17, 15) is 13.2 Å². The summed E-state index contributed by atoms with van der Waals surface area (Å²) in [7, 11) is -2.17. The number of fused-ring (bicyclic) bond motifs is 1. The van der Waals surface area contributed by atoms with Gasteiger partial charge in [-0.05, 0) is 85.8 Å². The summed E-state index contributed by atoms with van der Waals surface area (Å²) in [4.78, 5) is 13.5. The van der Waals surface area contributed by atoms with Crippen molar-refractivity contribution in [1.29, 1.82) is 0 Å². The van der Waals surface area contributed by atoms with Crippen LogP contribution in [0.25, 0.3) is 0 Å². The molecule has 184 valence electrons. The summed E-state index contributed by atoms with van der Waals surface area (Å²) in [6, 6.07) is 10.9. The second-order valence-corrected chi connectivity index (χ2v) is 11.6. The van der Waals surface area contributed by atoms with Crippen molar-refractivity contribution in [3.05, 3.63) is 58.7 Å². The molecule has 34 heavy (non-hydrogen) atoms. The Balaban J connectivity index is 1.58. The van der Waals surface area contributed by atoms with E-state index in [1.807, 2.05) is 6.92 Å². The maximum absolute atomic E-state index is 13.4. The predicted molar refractivity (Wildman–Crippen MR) is 134 cm³/mol. The van der Waals surface area contributed by atoms with Crippen molar-refractivity contribution >= 4 is 15.9 Å². The number of nitrogens with one attached hydrogen (secondary N) is 1. The zero-order valence-electron chi connectivity index (χ0n) is 20.5. The van der Waals surface area contributed by atoms with Crippen LogP contribution in [0.3, 0.4) is 0 Å². The Morgan fingerprint density at radius 1 is 1.09 bits per heavy atom. The number of ether oxygens (including phenoxy) is 1. The van der Waals surface area contributed by atoms with Crippen LogP contribution in [-0.4, -0.2) is 38.8 Å². The van der Waals surface area contributed by atoms with Crippen molar-refractivity contribution in [3.63, 3.8) is 0 Å². The standard InChI is InChI=1S/C27H36N2O4S/c1-4-25(22-10-9-20-7-5-6-8-21(20)17-22)28-27(30)24-18-23(11-12-26(24)33-3)34(31,32)29-15-13-19(2)14-16-29/h9-12,17-19,25H,4-8,13-16H2,1-3H3,(H,28,30). The molecule has 6 nitrogen and oxygen atoms in total. The maximum Gasteiger partial charge on any atom is 0.255 e.